The number of carbonyl (C=O) groups excluding carboxylic acids is 1. The van der Waals surface area contributed by atoms with Crippen molar-refractivity contribution in [2.45, 2.75) is 18.9 Å². The van der Waals surface area contributed by atoms with Crippen molar-refractivity contribution in [2.24, 2.45) is 0 Å². The van der Waals surface area contributed by atoms with Crippen LogP contribution in [-0.4, -0.2) is 25.1 Å². The van der Waals surface area contributed by atoms with Crippen molar-refractivity contribution < 1.29 is 9.53 Å². The highest BCUT2D eigenvalue weighted by Gasteiger charge is 2.25. The van der Waals surface area contributed by atoms with Crippen molar-refractivity contribution in [3.05, 3.63) is 42.7 Å². The maximum Gasteiger partial charge on any atom is 0.242 e. The third kappa shape index (κ3) is 3.03. The fraction of sp³-hybridized carbons (Fsp3) is 0.357. The molecule has 0 saturated carbocycles. The lowest BCUT2D eigenvalue weighted by molar-refractivity contribution is -0.121. The van der Waals surface area contributed by atoms with Gasteiger partial charge in [-0.3, -0.25) is 4.79 Å². The molecule has 0 aliphatic carbocycles. The van der Waals surface area contributed by atoms with Gasteiger partial charge in [-0.2, -0.15) is 0 Å². The van der Waals surface area contributed by atoms with Gasteiger partial charge in [-0.05, 0) is 18.1 Å². The standard InChI is InChI=1S/C14H18N2O2/c1-2-18-9-5-8-15-14(17)13-10-11-6-3-4-7-12(11)16-13/h2-4,6-7,13,16H,1,5,8-10H2,(H,15,17)/t13-/m0/s1. The first-order chi connectivity index (χ1) is 8.81. The van der Waals surface area contributed by atoms with E-state index in [0.29, 0.717) is 13.2 Å². The summed E-state index contributed by atoms with van der Waals surface area (Å²) in [6.07, 6.45) is 2.96. The van der Waals surface area contributed by atoms with E-state index in [0.717, 1.165) is 18.5 Å². The first-order valence-corrected chi connectivity index (χ1v) is 6.16. The van der Waals surface area contributed by atoms with E-state index < -0.39 is 0 Å². The summed E-state index contributed by atoms with van der Waals surface area (Å²) in [7, 11) is 0. The summed E-state index contributed by atoms with van der Waals surface area (Å²) < 4.78 is 4.99. The zero-order valence-corrected chi connectivity index (χ0v) is 10.3. The van der Waals surface area contributed by atoms with Gasteiger partial charge in [-0.1, -0.05) is 24.8 Å². The fourth-order valence-corrected chi connectivity index (χ4v) is 2.03. The van der Waals surface area contributed by atoms with Gasteiger partial charge >= 0.3 is 0 Å². The summed E-state index contributed by atoms with van der Waals surface area (Å²) in [5, 5.41) is 6.13. The van der Waals surface area contributed by atoms with Crippen LogP contribution in [0, 0.1) is 0 Å². The molecule has 0 radical (unpaired) electrons. The quantitative estimate of drug-likeness (QED) is 0.593. The minimum absolute atomic E-state index is 0.0461. The largest absolute Gasteiger partial charge is 0.502 e. The number of fused-ring (bicyclic) bond motifs is 1. The SMILES string of the molecule is C=COCCCNC(=O)[C@@H]1Cc2ccccc2N1. The highest BCUT2D eigenvalue weighted by Crippen LogP contribution is 2.24. The second kappa shape index (κ2) is 6.10. The average molecular weight is 246 g/mol. The molecule has 0 fully saturated rings. The van der Waals surface area contributed by atoms with Crippen LogP contribution < -0.4 is 10.6 Å². The van der Waals surface area contributed by atoms with Gasteiger partial charge in [-0.15, -0.1) is 0 Å². The van der Waals surface area contributed by atoms with Gasteiger partial charge in [-0.25, -0.2) is 0 Å². The topological polar surface area (TPSA) is 50.4 Å². The smallest absolute Gasteiger partial charge is 0.242 e. The third-order valence-corrected chi connectivity index (χ3v) is 2.94. The maximum absolute atomic E-state index is 11.9. The highest BCUT2D eigenvalue weighted by molar-refractivity contribution is 5.87. The maximum atomic E-state index is 11.9. The number of anilines is 1. The van der Waals surface area contributed by atoms with E-state index in [9.17, 15) is 4.79 Å². The number of carbonyl (C=O) groups is 1. The summed E-state index contributed by atoms with van der Waals surface area (Å²) in [5.74, 6) is 0.0461. The Labute approximate surface area is 107 Å². The monoisotopic (exact) mass is 246 g/mol. The number of amides is 1. The summed E-state index contributed by atoms with van der Waals surface area (Å²) in [5.41, 5.74) is 2.26. The second-order valence-corrected chi connectivity index (χ2v) is 4.24. The van der Waals surface area contributed by atoms with Crippen LogP contribution in [0.3, 0.4) is 0 Å². The number of ether oxygens (including phenoxy) is 1. The summed E-state index contributed by atoms with van der Waals surface area (Å²) in [4.78, 5) is 11.9. The molecule has 4 nitrogen and oxygen atoms in total. The first kappa shape index (κ1) is 12.5. The molecular weight excluding hydrogens is 228 g/mol. The molecule has 1 atom stereocenters. The molecule has 1 heterocycles. The number of rotatable bonds is 6. The molecule has 1 amide bonds. The van der Waals surface area contributed by atoms with Crippen LogP contribution in [0.4, 0.5) is 5.69 Å². The van der Waals surface area contributed by atoms with Gasteiger partial charge in [0, 0.05) is 18.7 Å². The Bertz CT molecular complexity index is 407. The van der Waals surface area contributed by atoms with Crippen molar-refractivity contribution in [2.75, 3.05) is 18.5 Å². The van der Waals surface area contributed by atoms with E-state index in [4.69, 9.17) is 4.74 Å². The molecule has 0 spiro atoms. The zero-order chi connectivity index (χ0) is 12.8. The third-order valence-electron chi connectivity index (χ3n) is 2.94. The van der Waals surface area contributed by atoms with Gasteiger partial charge in [0.25, 0.3) is 0 Å². The van der Waals surface area contributed by atoms with Gasteiger partial charge in [0.2, 0.25) is 5.91 Å². The molecule has 4 heteroatoms. The Morgan fingerprint density at radius 2 is 2.39 bits per heavy atom. The molecule has 0 bridgehead atoms. The summed E-state index contributed by atoms with van der Waals surface area (Å²) in [6, 6.07) is 7.86. The minimum Gasteiger partial charge on any atom is -0.502 e. The molecule has 2 rings (SSSR count). The minimum atomic E-state index is -0.150. The van der Waals surface area contributed by atoms with Crippen molar-refractivity contribution >= 4 is 11.6 Å². The van der Waals surface area contributed by atoms with Crippen molar-refractivity contribution in [3.63, 3.8) is 0 Å². The molecular formula is C14H18N2O2. The van der Waals surface area contributed by atoms with Crippen LogP contribution >= 0.6 is 0 Å². The van der Waals surface area contributed by atoms with Crippen molar-refractivity contribution in [1.82, 2.24) is 5.32 Å². The lowest BCUT2D eigenvalue weighted by Gasteiger charge is -2.11. The van der Waals surface area contributed by atoms with Crippen LogP contribution in [-0.2, 0) is 16.0 Å². The van der Waals surface area contributed by atoms with Gasteiger partial charge in [0.15, 0.2) is 0 Å². The molecule has 2 N–H and O–H groups in total. The Morgan fingerprint density at radius 3 is 3.17 bits per heavy atom. The number of hydrogen-bond donors (Lipinski definition) is 2. The van der Waals surface area contributed by atoms with E-state index in [-0.39, 0.29) is 11.9 Å². The lowest BCUT2D eigenvalue weighted by atomic mass is 10.1. The molecule has 1 aromatic rings. The Morgan fingerprint density at radius 1 is 1.56 bits per heavy atom. The molecule has 1 aromatic carbocycles. The molecule has 0 unspecified atom stereocenters. The van der Waals surface area contributed by atoms with Crippen LogP contribution in [0.2, 0.25) is 0 Å². The highest BCUT2D eigenvalue weighted by atomic mass is 16.5. The first-order valence-electron chi connectivity index (χ1n) is 6.16. The predicted octanol–water partition coefficient (Wildman–Crippen LogP) is 1.69. The number of para-hydroxylation sites is 1. The van der Waals surface area contributed by atoms with Crippen LogP contribution in [0.1, 0.15) is 12.0 Å². The molecule has 96 valence electrons. The molecule has 18 heavy (non-hydrogen) atoms. The normalized spacial score (nSPS) is 16.6. The Balaban J connectivity index is 1.74. The average Bonchev–Trinajstić information content (AvgIpc) is 2.82. The van der Waals surface area contributed by atoms with Crippen LogP contribution in [0.25, 0.3) is 0 Å². The molecule has 0 aromatic heterocycles. The second-order valence-electron chi connectivity index (χ2n) is 4.24. The lowest BCUT2D eigenvalue weighted by Crippen LogP contribution is -2.39. The van der Waals surface area contributed by atoms with E-state index in [1.54, 1.807) is 0 Å². The van der Waals surface area contributed by atoms with E-state index in [1.165, 1.54) is 11.8 Å². The van der Waals surface area contributed by atoms with Gasteiger partial charge in [0.1, 0.15) is 6.04 Å². The Kier molecular flexibility index (Phi) is 4.23. The summed E-state index contributed by atoms with van der Waals surface area (Å²) in [6.45, 7) is 4.67. The van der Waals surface area contributed by atoms with Gasteiger partial charge in [0.05, 0.1) is 12.9 Å². The molecule has 1 aliphatic rings. The fourth-order valence-electron chi connectivity index (χ4n) is 2.03. The number of nitrogens with one attached hydrogen (secondary N) is 2. The summed E-state index contributed by atoms with van der Waals surface area (Å²) >= 11 is 0. The van der Waals surface area contributed by atoms with E-state index >= 15 is 0 Å². The number of hydrogen-bond acceptors (Lipinski definition) is 3. The Hall–Kier alpha value is -1.97. The van der Waals surface area contributed by atoms with Gasteiger partial charge < -0.3 is 15.4 Å². The van der Waals surface area contributed by atoms with Crippen LogP contribution in [0.15, 0.2) is 37.1 Å². The van der Waals surface area contributed by atoms with Crippen molar-refractivity contribution in [1.29, 1.82) is 0 Å². The van der Waals surface area contributed by atoms with E-state index in [1.807, 2.05) is 24.3 Å². The predicted molar refractivity (Wildman–Crippen MR) is 71.3 cm³/mol. The van der Waals surface area contributed by atoms with Crippen molar-refractivity contribution in [3.8, 4) is 0 Å². The van der Waals surface area contributed by atoms with E-state index in [2.05, 4.69) is 17.2 Å². The zero-order valence-electron chi connectivity index (χ0n) is 10.3. The molecule has 0 saturated heterocycles. The number of benzene rings is 1. The molecule has 1 aliphatic heterocycles. The van der Waals surface area contributed by atoms with Crippen LogP contribution in [0.5, 0.6) is 0 Å².